The van der Waals surface area contributed by atoms with E-state index in [2.05, 4.69) is 0 Å². The number of rotatable bonds is 1. The average molecular weight is 164 g/mol. The maximum atomic E-state index is 12.7. The number of halogens is 1. The number of hydrogen-bond donors (Lipinski definition) is 1. The fraction of sp³-hybridized carbons (Fsp3) is 0.222. The van der Waals surface area contributed by atoms with Gasteiger partial charge in [-0.1, -0.05) is 6.07 Å². The largest absolute Gasteiger partial charge is 0.312 e. The van der Waals surface area contributed by atoms with Gasteiger partial charge in [-0.2, -0.15) is 5.26 Å². The minimum atomic E-state index is -0.735. The molecule has 1 unspecified atom stereocenters. The van der Waals surface area contributed by atoms with Crippen LogP contribution in [0.5, 0.6) is 0 Å². The van der Waals surface area contributed by atoms with Gasteiger partial charge in [0.2, 0.25) is 0 Å². The van der Waals surface area contributed by atoms with Crippen molar-refractivity contribution in [3.05, 3.63) is 35.1 Å². The fourth-order valence-electron chi connectivity index (χ4n) is 1.02. The van der Waals surface area contributed by atoms with Crippen LogP contribution in [-0.2, 0) is 0 Å². The zero-order valence-corrected chi connectivity index (χ0v) is 6.71. The molecular formula is C9H9FN2. The normalized spacial score (nSPS) is 12.2. The Balaban J connectivity index is 3.15. The number of hydrogen-bond acceptors (Lipinski definition) is 2. The maximum absolute atomic E-state index is 12.7. The lowest BCUT2D eigenvalue weighted by molar-refractivity contribution is 0.623. The fourth-order valence-corrected chi connectivity index (χ4v) is 1.02. The molecule has 0 aliphatic rings. The van der Waals surface area contributed by atoms with E-state index in [1.165, 1.54) is 12.1 Å². The first-order chi connectivity index (χ1) is 5.65. The van der Waals surface area contributed by atoms with Crippen molar-refractivity contribution >= 4 is 0 Å². The Morgan fingerprint density at radius 1 is 1.58 bits per heavy atom. The lowest BCUT2D eigenvalue weighted by atomic mass is 10.0. The third-order valence-electron chi connectivity index (χ3n) is 1.72. The minimum absolute atomic E-state index is 0.360. The summed E-state index contributed by atoms with van der Waals surface area (Å²) in [4.78, 5) is 0. The lowest BCUT2D eigenvalue weighted by Gasteiger charge is -2.06. The maximum Gasteiger partial charge on any atom is 0.123 e. The van der Waals surface area contributed by atoms with Gasteiger partial charge in [0, 0.05) is 0 Å². The second-order valence-corrected chi connectivity index (χ2v) is 2.61. The zero-order valence-electron chi connectivity index (χ0n) is 6.71. The molecule has 62 valence electrons. The van der Waals surface area contributed by atoms with E-state index in [9.17, 15) is 4.39 Å². The molecule has 1 aromatic carbocycles. The van der Waals surface area contributed by atoms with Gasteiger partial charge in [-0.3, -0.25) is 0 Å². The molecule has 0 saturated heterocycles. The van der Waals surface area contributed by atoms with Gasteiger partial charge in [-0.05, 0) is 30.2 Å². The highest BCUT2D eigenvalue weighted by Gasteiger charge is 2.07. The Bertz CT molecular complexity index is 328. The predicted molar refractivity (Wildman–Crippen MR) is 43.7 cm³/mol. The SMILES string of the molecule is Cc1ccc(F)cc1C(N)C#N. The van der Waals surface area contributed by atoms with Gasteiger partial charge in [0.15, 0.2) is 0 Å². The summed E-state index contributed by atoms with van der Waals surface area (Å²) in [5.41, 5.74) is 6.83. The van der Waals surface area contributed by atoms with Crippen molar-refractivity contribution in [1.29, 1.82) is 5.26 Å². The van der Waals surface area contributed by atoms with Gasteiger partial charge in [0.25, 0.3) is 0 Å². The van der Waals surface area contributed by atoms with Gasteiger partial charge in [-0.25, -0.2) is 4.39 Å². The van der Waals surface area contributed by atoms with Crippen LogP contribution < -0.4 is 5.73 Å². The smallest absolute Gasteiger partial charge is 0.123 e. The molecule has 0 aliphatic carbocycles. The van der Waals surface area contributed by atoms with Gasteiger partial charge < -0.3 is 5.73 Å². The first-order valence-corrected chi connectivity index (χ1v) is 3.56. The summed E-state index contributed by atoms with van der Waals surface area (Å²) in [5, 5.41) is 8.51. The highest BCUT2D eigenvalue weighted by Crippen LogP contribution is 2.15. The van der Waals surface area contributed by atoms with E-state index in [-0.39, 0.29) is 5.82 Å². The molecule has 0 amide bonds. The summed E-state index contributed by atoms with van der Waals surface area (Å²) in [6, 6.07) is 5.38. The molecule has 0 radical (unpaired) electrons. The Morgan fingerprint density at radius 2 is 2.25 bits per heavy atom. The number of nitriles is 1. The van der Waals surface area contributed by atoms with Crippen LogP contribution in [0.4, 0.5) is 4.39 Å². The molecule has 0 bridgehead atoms. The van der Waals surface area contributed by atoms with Crippen LogP contribution in [-0.4, -0.2) is 0 Å². The average Bonchev–Trinajstić information content (AvgIpc) is 2.08. The zero-order chi connectivity index (χ0) is 9.14. The van der Waals surface area contributed by atoms with Crippen molar-refractivity contribution in [2.45, 2.75) is 13.0 Å². The molecule has 1 atom stereocenters. The third kappa shape index (κ3) is 1.60. The topological polar surface area (TPSA) is 49.8 Å². The highest BCUT2D eigenvalue weighted by molar-refractivity contribution is 5.32. The molecule has 0 spiro atoms. The van der Waals surface area contributed by atoms with Crippen molar-refractivity contribution < 1.29 is 4.39 Å². The van der Waals surface area contributed by atoms with Crippen LogP contribution in [0.25, 0.3) is 0 Å². The summed E-state index contributed by atoms with van der Waals surface area (Å²) in [6.07, 6.45) is 0. The molecule has 3 heteroatoms. The number of nitrogens with zero attached hydrogens (tertiary/aromatic N) is 1. The molecule has 2 nitrogen and oxygen atoms in total. The van der Waals surface area contributed by atoms with Gasteiger partial charge >= 0.3 is 0 Å². The van der Waals surface area contributed by atoms with E-state index < -0.39 is 6.04 Å². The molecule has 0 saturated carbocycles. The second kappa shape index (κ2) is 3.33. The minimum Gasteiger partial charge on any atom is -0.312 e. The summed E-state index contributed by atoms with van der Waals surface area (Å²) in [5.74, 6) is -0.360. The van der Waals surface area contributed by atoms with Crippen LogP contribution in [0.3, 0.4) is 0 Å². The predicted octanol–water partition coefficient (Wildman–Crippen LogP) is 1.66. The Hall–Kier alpha value is -1.40. The van der Waals surface area contributed by atoms with Crippen molar-refractivity contribution in [1.82, 2.24) is 0 Å². The van der Waals surface area contributed by atoms with Crippen molar-refractivity contribution in [2.24, 2.45) is 5.73 Å². The van der Waals surface area contributed by atoms with E-state index >= 15 is 0 Å². The second-order valence-electron chi connectivity index (χ2n) is 2.61. The summed E-state index contributed by atoms with van der Waals surface area (Å²) in [6.45, 7) is 1.80. The van der Waals surface area contributed by atoms with E-state index in [1.807, 2.05) is 6.07 Å². The Morgan fingerprint density at radius 3 is 2.83 bits per heavy atom. The van der Waals surface area contributed by atoms with Crippen molar-refractivity contribution in [2.75, 3.05) is 0 Å². The summed E-state index contributed by atoms with van der Waals surface area (Å²) in [7, 11) is 0. The molecule has 0 aliphatic heterocycles. The molecular weight excluding hydrogens is 155 g/mol. The molecule has 1 rings (SSSR count). The van der Waals surface area contributed by atoms with Crippen molar-refractivity contribution in [3.8, 4) is 6.07 Å². The Kier molecular flexibility index (Phi) is 2.41. The Labute approximate surface area is 70.4 Å². The van der Waals surface area contributed by atoms with Crippen LogP contribution in [0.2, 0.25) is 0 Å². The van der Waals surface area contributed by atoms with E-state index in [4.69, 9.17) is 11.0 Å². The standard InChI is InChI=1S/C9H9FN2/c1-6-2-3-7(10)4-8(6)9(12)5-11/h2-4,9H,12H2,1H3. The molecule has 0 heterocycles. The van der Waals surface area contributed by atoms with Crippen molar-refractivity contribution in [3.63, 3.8) is 0 Å². The van der Waals surface area contributed by atoms with Gasteiger partial charge in [0.05, 0.1) is 6.07 Å². The molecule has 2 N–H and O–H groups in total. The van der Waals surface area contributed by atoms with Crippen LogP contribution in [0.1, 0.15) is 17.2 Å². The highest BCUT2D eigenvalue weighted by atomic mass is 19.1. The first kappa shape index (κ1) is 8.69. The van der Waals surface area contributed by atoms with E-state index in [1.54, 1.807) is 13.0 Å². The van der Waals surface area contributed by atoms with Gasteiger partial charge in [-0.15, -0.1) is 0 Å². The first-order valence-electron chi connectivity index (χ1n) is 3.56. The number of aryl methyl sites for hydroxylation is 1. The molecule has 1 aromatic rings. The molecule has 12 heavy (non-hydrogen) atoms. The number of nitrogens with two attached hydrogens (primary N) is 1. The van der Waals surface area contributed by atoms with Crippen LogP contribution >= 0.6 is 0 Å². The summed E-state index contributed by atoms with van der Waals surface area (Å²) < 4.78 is 12.7. The molecule has 0 fully saturated rings. The quantitative estimate of drug-likeness (QED) is 0.686. The van der Waals surface area contributed by atoms with Crippen LogP contribution in [0, 0.1) is 24.1 Å². The van der Waals surface area contributed by atoms with Crippen LogP contribution in [0.15, 0.2) is 18.2 Å². The number of benzene rings is 1. The molecule has 0 aromatic heterocycles. The third-order valence-corrected chi connectivity index (χ3v) is 1.72. The monoisotopic (exact) mass is 164 g/mol. The van der Waals surface area contributed by atoms with Gasteiger partial charge in [0.1, 0.15) is 11.9 Å². The van der Waals surface area contributed by atoms with E-state index in [0.717, 1.165) is 5.56 Å². The summed E-state index contributed by atoms with van der Waals surface area (Å²) >= 11 is 0. The lowest BCUT2D eigenvalue weighted by Crippen LogP contribution is -2.09. The van der Waals surface area contributed by atoms with E-state index in [0.29, 0.717) is 5.56 Å².